The molecular formula is C29H31N3. The van der Waals surface area contributed by atoms with E-state index in [0.29, 0.717) is 0 Å². The van der Waals surface area contributed by atoms with E-state index in [-0.39, 0.29) is 0 Å². The highest BCUT2D eigenvalue weighted by Gasteiger charge is 2.23. The standard InChI is InChI=1S/C29H31N3/c1-22-26(16-17-30-18-20-31(21-19-30)25-10-3-2-4-11-25)27-12-7-9-24-15-14-23-8-5-6-13-28(23)32(22)29(24)27/h2-13H,14-21H2,1H3. The third-order valence-electron chi connectivity index (χ3n) is 7.51. The maximum Gasteiger partial charge on any atom is 0.0566 e. The first-order valence-electron chi connectivity index (χ1n) is 12.0. The van der Waals surface area contributed by atoms with Crippen LogP contribution in [0.5, 0.6) is 0 Å². The second-order valence-corrected chi connectivity index (χ2v) is 9.26. The molecule has 0 unspecified atom stereocenters. The predicted octanol–water partition coefficient (Wildman–Crippen LogP) is 5.40. The van der Waals surface area contributed by atoms with E-state index in [1.165, 1.54) is 44.7 Å². The lowest BCUT2D eigenvalue weighted by Gasteiger charge is -2.36. The third-order valence-corrected chi connectivity index (χ3v) is 7.51. The van der Waals surface area contributed by atoms with Crippen LogP contribution in [-0.4, -0.2) is 42.2 Å². The average molecular weight is 422 g/mol. The number of hydrogen-bond donors (Lipinski definition) is 0. The van der Waals surface area contributed by atoms with Crippen molar-refractivity contribution in [3.8, 4) is 5.69 Å². The minimum absolute atomic E-state index is 1.11. The normalized spacial score (nSPS) is 16.2. The molecule has 1 fully saturated rings. The Morgan fingerprint density at radius 2 is 1.44 bits per heavy atom. The Morgan fingerprint density at radius 1 is 0.719 bits per heavy atom. The lowest BCUT2D eigenvalue weighted by atomic mass is 10.0. The molecule has 2 aliphatic rings. The van der Waals surface area contributed by atoms with Crippen LogP contribution in [0, 0.1) is 6.92 Å². The molecule has 6 rings (SSSR count). The fourth-order valence-electron chi connectivity index (χ4n) is 5.76. The molecule has 4 aromatic rings. The molecule has 3 aromatic carbocycles. The van der Waals surface area contributed by atoms with E-state index in [4.69, 9.17) is 0 Å². The maximum absolute atomic E-state index is 2.64. The zero-order valence-electron chi connectivity index (χ0n) is 18.9. The van der Waals surface area contributed by atoms with Crippen LogP contribution < -0.4 is 4.90 Å². The summed E-state index contributed by atoms with van der Waals surface area (Å²) in [7, 11) is 0. The average Bonchev–Trinajstić information content (AvgIpc) is 3.02. The summed E-state index contributed by atoms with van der Waals surface area (Å²) in [5.41, 5.74) is 10.1. The SMILES string of the molecule is Cc1c(CCN2CCN(c3ccccc3)CC2)c2cccc3c2n1-c1ccccc1CC3. The first-order chi connectivity index (χ1) is 15.8. The number of anilines is 1. The largest absolute Gasteiger partial charge is 0.369 e. The Balaban J connectivity index is 1.26. The fraction of sp³-hybridized carbons (Fsp3) is 0.310. The van der Waals surface area contributed by atoms with Crippen molar-refractivity contribution in [3.63, 3.8) is 0 Å². The number of rotatable bonds is 4. The Labute approximate surface area is 190 Å². The molecule has 3 heteroatoms. The number of para-hydroxylation sites is 3. The van der Waals surface area contributed by atoms with E-state index in [0.717, 1.165) is 52.0 Å². The fourth-order valence-corrected chi connectivity index (χ4v) is 5.76. The zero-order chi connectivity index (χ0) is 21.5. The van der Waals surface area contributed by atoms with E-state index >= 15 is 0 Å². The van der Waals surface area contributed by atoms with Crippen LogP contribution in [-0.2, 0) is 19.3 Å². The van der Waals surface area contributed by atoms with Gasteiger partial charge in [-0.2, -0.15) is 0 Å². The summed E-state index contributed by atoms with van der Waals surface area (Å²) in [5, 5.41) is 1.46. The summed E-state index contributed by atoms with van der Waals surface area (Å²) in [6.45, 7) is 7.97. The van der Waals surface area contributed by atoms with Gasteiger partial charge in [-0.05, 0) is 61.1 Å². The topological polar surface area (TPSA) is 11.4 Å². The lowest BCUT2D eigenvalue weighted by Crippen LogP contribution is -2.47. The quantitative estimate of drug-likeness (QED) is 0.437. The van der Waals surface area contributed by atoms with Gasteiger partial charge < -0.3 is 9.47 Å². The van der Waals surface area contributed by atoms with Gasteiger partial charge in [-0.1, -0.05) is 54.6 Å². The number of piperazine rings is 1. The van der Waals surface area contributed by atoms with Crippen LogP contribution >= 0.6 is 0 Å². The number of fused-ring (bicyclic) bond motifs is 2. The van der Waals surface area contributed by atoms with Crippen LogP contribution in [0.1, 0.15) is 22.4 Å². The van der Waals surface area contributed by atoms with Gasteiger partial charge in [0.1, 0.15) is 0 Å². The summed E-state index contributed by atoms with van der Waals surface area (Å²) in [6, 6.07) is 26.7. The number of aryl methyl sites for hydroxylation is 2. The number of aromatic nitrogens is 1. The molecule has 0 aliphatic carbocycles. The van der Waals surface area contributed by atoms with Gasteiger partial charge in [0.25, 0.3) is 0 Å². The highest BCUT2D eigenvalue weighted by atomic mass is 15.3. The van der Waals surface area contributed by atoms with E-state index in [1.807, 2.05) is 0 Å². The lowest BCUT2D eigenvalue weighted by molar-refractivity contribution is 0.261. The van der Waals surface area contributed by atoms with Crippen LogP contribution in [0.4, 0.5) is 5.69 Å². The molecule has 3 heterocycles. The van der Waals surface area contributed by atoms with Crippen molar-refractivity contribution in [1.82, 2.24) is 9.47 Å². The van der Waals surface area contributed by atoms with Crippen molar-refractivity contribution in [1.29, 1.82) is 0 Å². The molecular weight excluding hydrogens is 390 g/mol. The second kappa shape index (κ2) is 8.14. The molecule has 0 radical (unpaired) electrons. The highest BCUT2D eigenvalue weighted by molar-refractivity contribution is 5.90. The number of nitrogens with zero attached hydrogens (tertiary/aromatic N) is 3. The molecule has 0 atom stereocenters. The Morgan fingerprint density at radius 3 is 2.28 bits per heavy atom. The molecule has 162 valence electrons. The summed E-state index contributed by atoms with van der Waals surface area (Å²) >= 11 is 0. The molecule has 0 amide bonds. The van der Waals surface area contributed by atoms with Crippen molar-refractivity contribution in [2.75, 3.05) is 37.6 Å². The molecule has 3 nitrogen and oxygen atoms in total. The van der Waals surface area contributed by atoms with Gasteiger partial charge >= 0.3 is 0 Å². The van der Waals surface area contributed by atoms with Gasteiger partial charge in [-0.25, -0.2) is 0 Å². The summed E-state index contributed by atoms with van der Waals surface area (Å²) < 4.78 is 2.55. The maximum atomic E-state index is 2.64. The molecule has 1 aromatic heterocycles. The minimum Gasteiger partial charge on any atom is -0.369 e. The van der Waals surface area contributed by atoms with Crippen LogP contribution in [0.3, 0.4) is 0 Å². The molecule has 32 heavy (non-hydrogen) atoms. The molecule has 1 saturated heterocycles. The van der Waals surface area contributed by atoms with Gasteiger partial charge in [0.2, 0.25) is 0 Å². The Hall–Kier alpha value is -3.04. The van der Waals surface area contributed by atoms with E-state index in [1.54, 1.807) is 0 Å². The van der Waals surface area contributed by atoms with Crippen molar-refractivity contribution < 1.29 is 0 Å². The van der Waals surface area contributed by atoms with Crippen molar-refractivity contribution in [2.45, 2.75) is 26.2 Å². The van der Waals surface area contributed by atoms with E-state index < -0.39 is 0 Å². The van der Waals surface area contributed by atoms with Crippen molar-refractivity contribution in [3.05, 3.63) is 95.2 Å². The van der Waals surface area contributed by atoms with Gasteiger partial charge in [0, 0.05) is 55.2 Å². The number of hydrogen-bond acceptors (Lipinski definition) is 2. The zero-order valence-corrected chi connectivity index (χ0v) is 18.9. The van der Waals surface area contributed by atoms with Gasteiger partial charge in [0.05, 0.1) is 5.52 Å². The first kappa shape index (κ1) is 19.6. The molecule has 0 bridgehead atoms. The van der Waals surface area contributed by atoms with Crippen molar-refractivity contribution in [2.24, 2.45) is 0 Å². The number of benzene rings is 3. The van der Waals surface area contributed by atoms with E-state index in [2.05, 4.69) is 94.1 Å². The van der Waals surface area contributed by atoms with Gasteiger partial charge in [-0.15, -0.1) is 0 Å². The predicted molar refractivity (Wildman–Crippen MR) is 134 cm³/mol. The van der Waals surface area contributed by atoms with Crippen LogP contribution in [0.25, 0.3) is 16.6 Å². The summed E-state index contributed by atoms with van der Waals surface area (Å²) in [6.07, 6.45) is 3.36. The molecule has 0 saturated carbocycles. The van der Waals surface area contributed by atoms with Crippen molar-refractivity contribution >= 4 is 16.6 Å². The monoisotopic (exact) mass is 421 g/mol. The Bertz CT molecular complexity index is 1250. The second-order valence-electron chi connectivity index (χ2n) is 9.26. The van der Waals surface area contributed by atoms with E-state index in [9.17, 15) is 0 Å². The third kappa shape index (κ3) is 3.32. The minimum atomic E-state index is 1.11. The molecule has 2 aliphatic heterocycles. The first-order valence-corrected chi connectivity index (χ1v) is 12.0. The molecule has 0 spiro atoms. The Kier molecular flexibility index (Phi) is 4.99. The van der Waals surface area contributed by atoms with Gasteiger partial charge in [-0.3, -0.25) is 4.90 Å². The molecule has 0 N–H and O–H groups in total. The van der Waals surface area contributed by atoms with Crippen LogP contribution in [0.2, 0.25) is 0 Å². The smallest absolute Gasteiger partial charge is 0.0566 e. The van der Waals surface area contributed by atoms with Gasteiger partial charge in [0.15, 0.2) is 0 Å². The highest BCUT2D eigenvalue weighted by Crippen LogP contribution is 2.36. The van der Waals surface area contributed by atoms with Crippen LogP contribution in [0.15, 0.2) is 72.8 Å². The summed E-state index contributed by atoms with van der Waals surface area (Å²) in [5.74, 6) is 0. The summed E-state index contributed by atoms with van der Waals surface area (Å²) in [4.78, 5) is 5.16.